The standard InChI is InChI=1S/C17H17BrN2O/c18-13-3-4-16-14(9-13)15(10-19-16)11-5-7-20(8-6-11)17(21)12-1-2-12/h3-5,9-10,12,19H,1-2,6-8H2. The van der Waals surface area contributed by atoms with Crippen LogP contribution < -0.4 is 0 Å². The second-order valence-corrected chi connectivity index (χ2v) is 6.85. The molecule has 1 aromatic heterocycles. The highest BCUT2D eigenvalue weighted by atomic mass is 79.9. The summed E-state index contributed by atoms with van der Waals surface area (Å²) in [6.07, 6.45) is 7.41. The molecule has 0 saturated heterocycles. The van der Waals surface area contributed by atoms with Crippen molar-refractivity contribution in [3.63, 3.8) is 0 Å². The molecule has 2 heterocycles. The number of benzene rings is 1. The zero-order valence-electron chi connectivity index (χ0n) is 11.7. The van der Waals surface area contributed by atoms with Crippen molar-refractivity contribution in [2.45, 2.75) is 19.3 Å². The summed E-state index contributed by atoms with van der Waals surface area (Å²) in [5.74, 6) is 0.677. The molecule has 0 atom stereocenters. The number of H-pyrrole nitrogens is 1. The molecule has 1 aromatic carbocycles. The number of amides is 1. The topological polar surface area (TPSA) is 36.1 Å². The van der Waals surface area contributed by atoms with Crippen LogP contribution in [0.5, 0.6) is 0 Å². The van der Waals surface area contributed by atoms with Crippen LogP contribution in [0, 0.1) is 5.92 Å². The molecule has 108 valence electrons. The van der Waals surface area contributed by atoms with Gasteiger partial charge in [-0.05, 0) is 43.0 Å². The SMILES string of the molecule is O=C(C1CC1)N1CC=C(c2c[nH]c3ccc(Br)cc23)CC1. The first-order valence-corrected chi connectivity index (χ1v) is 8.26. The molecular formula is C17H17BrN2O. The van der Waals surface area contributed by atoms with Crippen LogP contribution in [0.4, 0.5) is 0 Å². The summed E-state index contributed by atoms with van der Waals surface area (Å²) in [4.78, 5) is 17.4. The van der Waals surface area contributed by atoms with E-state index in [1.165, 1.54) is 16.5 Å². The van der Waals surface area contributed by atoms with Gasteiger partial charge in [0.05, 0.1) is 0 Å². The number of nitrogens with zero attached hydrogens (tertiary/aromatic N) is 1. The Morgan fingerprint density at radius 1 is 1.33 bits per heavy atom. The first-order chi connectivity index (χ1) is 10.2. The molecule has 0 unspecified atom stereocenters. The minimum Gasteiger partial charge on any atom is -0.361 e. The molecule has 1 saturated carbocycles. The number of halogens is 1. The van der Waals surface area contributed by atoms with Gasteiger partial charge in [-0.2, -0.15) is 0 Å². The lowest BCUT2D eigenvalue weighted by Gasteiger charge is -2.26. The third-order valence-corrected chi connectivity index (χ3v) is 4.93. The predicted octanol–water partition coefficient (Wildman–Crippen LogP) is 3.96. The molecule has 1 amide bonds. The fourth-order valence-electron chi connectivity index (χ4n) is 3.06. The minimum atomic E-state index is 0.323. The molecule has 4 heteroatoms. The number of rotatable bonds is 2. The molecule has 1 aliphatic carbocycles. The second-order valence-electron chi connectivity index (χ2n) is 5.93. The molecule has 3 nitrogen and oxygen atoms in total. The van der Waals surface area contributed by atoms with Gasteiger partial charge in [0.1, 0.15) is 0 Å². The van der Waals surface area contributed by atoms with Gasteiger partial charge < -0.3 is 9.88 Å². The quantitative estimate of drug-likeness (QED) is 0.879. The molecule has 1 N–H and O–H groups in total. The second kappa shape index (κ2) is 5.02. The van der Waals surface area contributed by atoms with Crippen molar-refractivity contribution in [1.82, 2.24) is 9.88 Å². The van der Waals surface area contributed by atoms with Gasteiger partial charge in [-0.15, -0.1) is 0 Å². The van der Waals surface area contributed by atoms with Crippen LogP contribution in [0.25, 0.3) is 16.5 Å². The Morgan fingerprint density at radius 2 is 2.19 bits per heavy atom. The van der Waals surface area contributed by atoms with E-state index >= 15 is 0 Å². The van der Waals surface area contributed by atoms with Gasteiger partial charge in [-0.1, -0.05) is 22.0 Å². The number of nitrogens with one attached hydrogen (secondary N) is 1. The Hall–Kier alpha value is -1.55. The molecular weight excluding hydrogens is 328 g/mol. The van der Waals surface area contributed by atoms with Crippen molar-refractivity contribution >= 4 is 38.3 Å². The predicted molar refractivity (Wildman–Crippen MR) is 87.9 cm³/mol. The van der Waals surface area contributed by atoms with Crippen molar-refractivity contribution in [1.29, 1.82) is 0 Å². The maximum absolute atomic E-state index is 12.1. The van der Waals surface area contributed by atoms with Crippen LogP contribution >= 0.6 is 15.9 Å². The zero-order valence-corrected chi connectivity index (χ0v) is 13.3. The smallest absolute Gasteiger partial charge is 0.225 e. The van der Waals surface area contributed by atoms with Crippen LogP contribution in [0.15, 0.2) is 34.9 Å². The van der Waals surface area contributed by atoms with E-state index in [1.54, 1.807) is 0 Å². The number of aromatic amines is 1. The first-order valence-electron chi connectivity index (χ1n) is 7.47. The molecule has 21 heavy (non-hydrogen) atoms. The van der Waals surface area contributed by atoms with Gasteiger partial charge in [0.2, 0.25) is 5.91 Å². The highest BCUT2D eigenvalue weighted by Crippen LogP contribution is 2.34. The number of aromatic nitrogens is 1. The van der Waals surface area contributed by atoms with Gasteiger partial charge in [0.15, 0.2) is 0 Å². The lowest BCUT2D eigenvalue weighted by molar-refractivity contribution is -0.132. The van der Waals surface area contributed by atoms with E-state index in [-0.39, 0.29) is 0 Å². The van der Waals surface area contributed by atoms with Crippen molar-refractivity contribution in [2.75, 3.05) is 13.1 Å². The number of carbonyl (C=O) groups is 1. The number of carbonyl (C=O) groups excluding carboxylic acids is 1. The largest absolute Gasteiger partial charge is 0.361 e. The lowest BCUT2D eigenvalue weighted by atomic mass is 9.99. The summed E-state index contributed by atoms with van der Waals surface area (Å²) < 4.78 is 1.10. The van der Waals surface area contributed by atoms with Gasteiger partial charge in [-0.3, -0.25) is 4.79 Å². The van der Waals surface area contributed by atoms with E-state index < -0.39 is 0 Å². The summed E-state index contributed by atoms with van der Waals surface area (Å²) in [6, 6.07) is 6.30. The number of hydrogen-bond acceptors (Lipinski definition) is 1. The monoisotopic (exact) mass is 344 g/mol. The van der Waals surface area contributed by atoms with Crippen molar-refractivity contribution < 1.29 is 4.79 Å². The molecule has 2 aliphatic rings. The van der Waals surface area contributed by atoms with E-state index in [0.717, 1.165) is 42.3 Å². The van der Waals surface area contributed by atoms with E-state index in [4.69, 9.17) is 0 Å². The normalized spacial score (nSPS) is 18.9. The van der Waals surface area contributed by atoms with E-state index in [9.17, 15) is 4.79 Å². The average molecular weight is 345 g/mol. The fraction of sp³-hybridized carbons (Fsp3) is 0.353. The summed E-state index contributed by atoms with van der Waals surface area (Å²) in [6.45, 7) is 1.60. The Labute approximate surface area is 132 Å². The van der Waals surface area contributed by atoms with Crippen molar-refractivity contribution in [3.05, 3.63) is 40.5 Å². The highest BCUT2D eigenvalue weighted by molar-refractivity contribution is 9.10. The Balaban J connectivity index is 1.61. The molecule has 1 aliphatic heterocycles. The molecule has 2 aromatic rings. The van der Waals surface area contributed by atoms with Crippen LogP contribution in [-0.2, 0) is 4.79 Å². The first kappa shape index (κ1) is 13.1. The van der Waals surface area contributed by atoms with E-state index in [2.05, 4.69) is 45.3 Å². The summed E-state index contributed by atoms with van der Waals surface area (Å²) in [5.41, 5.74) is 3.77. The Morgan fingerprint density at radius 3 is 2.90 bits per heavy atom. The van der Waals surface area contributed by atoms with E-state index in [0.29, 0.717) is 11.8 Å². The van der Waals surface area contributed by atoms with Crippen LogP contribution in [-0.4, -0.2) is 28.9 Å². The van der Waals surface area contributed by atoms with Gasteiger partial charge in [0.25, 0.3) is 0 Å². The number of hydrogen-bond donors (Lipinski definition) is 1. The van der Waals surface area contributed by atoms with Crippen LogP contribution in [0.3, 0.4) is 0 Å². The molecule has 0 spiro atoms. The van der Waals surface area contributed by atoms with Crippen molar-refractivity contribution in [3.8, 4) is 0 Å². The maximum Gasteiger partial charge on any atom is 0.225 e. The molecule has 1 fully saturated rings. The summed E-state index contributed by atoms with van der Waals surface area (Å²) >= 11 is 3.54. The molecule has 4 rings (SSSR count). The third-order valence-electron chi connectivity index (χ3n) is 4.44. The summed E-state index contributed by atoms with van der Waals surface area (Å²) in [5, 5.41) is 1.25. The average Bonchev–Trinajstić information content (AvgIpc) is 3.27. The molecule has 0 radical (unpaired) electrons. The minimum absolute atomic E-state index is 0.323. The van der Waals surface area contributed by atoms with Gasteiger partial charge in [0, 0.05) is 46.1 Å². The third kappa shape index (κ3) is 2.42. The fourth-order valence-corrected chi connectivity index (χ4v) is 3.42. The Bertz CT molecular complexity index is 742. The molecule has 0 bridgehead atoms. The van der Waals surface area contributed by atoms with Crippen LogP contribution in [0.2, 0.25) is 0 Å². The van der Waals surface area contributed by atoms with Gasteiger partial charge >= 0.3 is 0 Å². The highest BCUT2D eigenvalue weighted by Gasteiger charge is 2.33. The maximum atomic E-state index is 12.1. The Kier molecular flexibility index (Phi) is 3.14. The summed E-state index contributed by atoms with van der Waals surface area (Å²) in [7, 11) is 0. The van der Waals surface area contributed by atoms with Gasteiger partial charge in [-0.25, -0.2) is 0 Å². The van der Waals surface area contributed by atoms with Crippen LogP contribution in [0.1, 0.15) is 24.8 Å². The van der Waals surface area contributed by atoms with E-state index in [1.807, 2.05) is 11.0 Å². The van der Waals surface area contributed by atoms with Crippen molar-refractivity contribution in [2.24, 2.45) is 5.92 Å². The number of fused-ring (bicyclic) bond motifs is 1. The lowest BCUT2D eigenvalue weighted by Crippen LogP contribution is -2.35. The zero-order chi connectivity index (χ0) is 14.4.